The first-order chi connectivity index (χ1) is 10.3. The molecule has 1 aliphatic carbocycles. The molecule has 5 heteroatoms. The molecule has 1 N–H and O–H groups in total. The highest BCUT2D eigenvalue weighted by Crippen LogP contribution is 2.30. The molecule has 0 radical (unpaired) electrons. The fourth-order valence-corrected chi connectivity index (χ4v) is 2.21. The molecule has 0 aliphatic heterocycles. The van der Waals surface area contributed by atoms with Crippen LogP contribution in [0.3, 0.4) is 0 Å². The number of methoxy groups -OCH3 is 1. The molecule has 0 bridgehead atoms. The highest BCUT2D eigenvalue weighted by Gasteiger charge is 2.20. The zero-order valence-corrected chi connectivity index (χ0v) is 12.4. The monoisotopic (exact) mass is 284 g/mol. The number of hydrogen-bond donors (Lipinski definition) is 1. The van der Waals surface area contributed by atoms with Crippen molar-refractivity contribution in [2.45, 2.75) is 25.4 Å². The van der Waals surface area contributed by atoms with Crippen molar-refractivity contribution in [2.75, 3.05) is 19.1 Å². The fourth-order valence-electron chi connectivity index (χ4n) is 2.21. The number of ether oxygens (including phenoxy) is 1. The lowest BCUT2D eigenvalue weighted by Gasteiger charge is -2.20. The maximum atomic E-state index is 5.40. The number of para-hydroxylation sites is 2. The van der Waals surface area contributed by atoms with Gasteiger partial charge in [0.1, 0.15) is 5.75 Å². The Hall–Kier alpha value is -2.14. The Bertz CT molecular complexity index is 613. The van der Waals surface area contributed by atoms with Crippen LogP contribution in [0.4, 0.5) is 11.5 Å². The smallest absolute Gasteiger partial charge is 0.151 e. The van der Waals surface area contributed by atoms with Gasteiger partial charge in [0.15, 0.2) is 5.82 Å². The van der Waals surface area contributed by atoms with Crippen LogP contribution in [0.1, 0.15) is 18.5 Å². The summed E-state index contributed by atoms with van der Waals surface area (Å²) in [4.78, 5) is 11.0. The van der Waals surface area contributed by atoms with Crippen LogP contribution in [0.15, 0.2) is 36.7 Å². The van der Waals surface area contributed by atoms with Crippen LogP contribution >= 0.6 is 0 Å². The van der Waals surface area contributed by atoms with Gasteiger partial charge in [-0.3, -0.25) is 4.98 Å². The highest BCUT2D eigenvalue weighted by molar-refractivity contribution is 5.65. The molecule has 1 aliphatic rings. The third-order valence-corrected chi connectivity index (χ3v) is 3.61. The summed E-state index contributed by atoms with van der Waals surface area (Å²) < 4.78 is 5.40. The Kier molecular flexibility index (Phi) is 4.01. The Labute approximate surface area is 125 Å². The largest absolute Gasteiger partial charge is 0.495 e. The van der Waals surface area contributed by atoms with E-state index in [1.165, 1.54) is 12.8 Å². The normalized spacial score (nSPS) is 14.0. The molecule has 0 spiro atoms. The first kappa shape index (κ1) is 13.8. The van der Waals surface area contributed by atoms with Gasteiger partial charge in [-0.1, -0.05) is 12.1 Å². The van der Waals surface area contributed by atoms with Gasteiger partial charge in [0.2, 0.25) is 0 Å². The number of hydrogen-bond acceptors (Lipinski definition) is 5. The van der Waals surface area contributed by atoms with Gasteiger partial charge in [-0.15, -0.1) is 0 Å². The predicted molar refractivity (Wildman–Crippen MR) is 83.0 cm³/mol. The second-order valence-corrected chi connectivity index (χ2v) is 5.25. The molecule has 1 aromatic carbocycles. The van der Waals surface area contributed by atoms with E-state index in [-0.39, 0.29) is 0 Å². The minimum atomic E-state index is 0.669. The van der Waals surface area contributed by atoms with Crippen molar-refractivity contribution in [1.82, 2.24) is 15.3 Å². The quantitative estimate of drug-likeness (QED) is 0.883. The second-order valence-electron chi connectivity index (χ2n) is 5.25. The van der Waals surface area contributed by atoms with Crippen molar-refractivity contribution < 1.29 is 4.74 Å². The molecule has 1 fully saturated rings. The van der Waals surface area contributed by atoms with E-state index in [1.807, 2.05) is 42.4 Å². The van der Waals surface area contributed by atoms with Gasteiger partial charge in [0.25, 0.3) is 0 Å². The number of nitrogens with one attached hydrogen (secondary N) is 1. The van der Waals surface area contributed by atoms with E-state index >= 15 is 0 Å². The van der Waals surface area contributed by atoms with E-state index in [9.17, 15) is 0 Å². The summed E-state index contributed by atoms with van der Waals surface area (Å²) in [5.41, 5.74) is 1.93. The van der Waals surface area contributed by atoms with Crippen molar-refractivity contribution >= 4 is 11.5 Å². The third kappa shape index (κ3) is 3.31. The molecule has 0 atom stereocenters. The number of benzene rings is 1. The first-order valence-electron chi connectivity index (χ1n) is 7.19. The zero-order chi connectivity index (χ0) is 14.7. The van der Waals surface area contributed by atoms with Gasteiger partial charge in [-0.25, -0.2) is 4.98 Å². The van der Waals surface area contributed by atoms with Crippen LogP contribution in [-0.2, 0) is 6.54 Å². The molecule has 21 heavy (non-hydrogen) atoms. The Morgan fingerprint density at radius 1 is 1.29 bits per heavy atom. The third-order valence-electron chi connectivity index (χ3n) is 3.61. The molecular formula is C16H20N4O. The van der Waals surface area contributed by atoms with E-state index in [0.29, 0.717) is 6.04 Å². The molecule has 0 unspecified atom stereocenters. The summed E-state index contributed by atoms with van der Waals surface area (Å²) in [6, 6.07) is 8.56. The predicted octanol–water partition coefficient (Wildman–Crippen LogP) is 2.51. The van der Waals surface area contributed by atoms with E-state index in [1.54, 1.807) is 13.3 Å². The van der Waals surface area contributed by atoms with Crippen molar-refractivity contribution in [3.05, 3.63) is 42.4 Å². The number of aromatic nitrogens is 2. The minimum Gasteiger partial charge on any atom is -0.495 e. The van der Waals surface area contributed by atoms with Gasteiger partial charge in [0.05, 0.1) is 24.7 Å². The van der Waals surface area contributed by atoms with Crippen molar-refractivity contribution in [1.29, 1.82) is 0 Å². The van der Waals surface area contributed by atoms with Crippen molar-refractivity contribution in [3.8, 4) is 5.75 Å². The van der Waals surface area contributed by atoms with Gasteiger partial charge in [-0.05, 0) is 25.0 Å². The number of nitrogens with zero attached hydrogens (tertiary/aromatic N) is 3. The van der Waals surface area contributed by atoms with Crippen LogP contribution in [0.25, 0.3) is 0 Å². The van der Waals surface area contributed by atoms with E-state index in [0.717, 1.165) is 29.5 Å². The van der Waals surface area contributed by atoms with Crippen molar-refractivity contribution in [2.24, 2.45) is 0 Å². The maximum Gasteiger partial charge on any atom is 0.151 e. The van der Waals surface area contributed by atoms with Gasteiger partial charge in [-0.2, -0.15) is 0 Å². The molecule has 3 rings (SSSR count). The summed E-state index contributed by atoms with van der Waals surface area (Å²) in [6.45, 7) is 0.769. The fraction of sp³-hybridized carbons (Fsp3) is 0.375. The van der Waals surface area contributed by atoms with Crippen LogP contribution in [0.2, 0.25) is 0 Å². The van der Waals surface area contributed by atoms with E-state index in [4.69, 9.17) is 4.74 Å². The first-order valence-corrected chi connectivity index (χ1v) is 7.19. The maximum absolute atomic E-state index is 5.40. The number of anilines is 2. The summed E-state index contributed by atoms with van der Waals surface area (Å²) >= 11 is 0. The molecule has 0 amide bonds. The molecule has 0 saturated heterocycles. The Morgan fingerprint density at radius 3 is 2.86 bits per heavy atom. The molecule has 2 aromatic rings. The average molecular weight is 284 g/mol. The van der Waals surface area contributed by atoms with Crippen molar-refractivity contribution in [3.63, 3.8) is 0 Å². The lowest BCUT2D eigenvalue weighted by Crippen LogP contribution is -2.18. The Morgan fingerprint density at radius 2 is 2.10 bits per heavy atom. The standard InChI is InChI=1S/C16H20N4O/c1-20(14-5-3-4-6-15(14)21-2)16-11-17-9-13(19-16)10-18-12-7-8-12/h3-6,9,11-12,18H,7-8,10H2,1-2H3. The van der Waals surface area contributed by atoms with Gasteiger partial charge < -0.3 is 15.0 Å². The molecule has 1 aromatic heterocycles. The molecular weight excluding hydrogens is 264 g/mol. The second kappa shape index (κ2) is 6.10. The van der Waals surface area contributed by atoms with Gasteiger partial charge >= 0.3 is 0 Å². The molecule has 1 saturated carbocycles. The zero-order valence-electron chi connectivity index (χ0n) is 12.4. The lowest BCUT2D eigenvalue weighted by atomic mass is 10.2. The molecule has 110 valence electrons. The SMILES string of the molecule is COc1ccccc1N(C)c1cncc(CNC2CC2)n1. The Balaban J connectivity index is 1.79. The lowest BCUT2D eigenvalue weighted by molar-refractivity contribution is 0.415. The average Bonchev–Trinajstić information content (AvgIpc) is 3.37. The minimum absolute atomic E-state index is 0.669. The van der Waals surface area contributed by atoms with E-state index in [2.05, 4.69) is 15.3 Å². The molecule has 1 heterocycles. The van der Waals surface area contributed by atoms with Crippen LogP contribution < -0.4 is 15.0 Å². The summed E-state index contributed by atoms with van der Waals surface area (Å²) in [5.74, 6) is 1.64. The van der Waals surface area contributed by atoms with Crippen LogP contribution in [0.5, 0.6) is 5.75 Å². The summed E-state index contributed by atoms with van der Waals surface area (Å²) in [5, 5.41) is 3.46. The van der Waals surface area contributed by atoms with Crippen LogP contribution in [0, 0.1) is 0 Å². The topological polar surface area (TPSA) is 50.3 Å². The summed E-state index contributed by atoms with van der Waals surface area (Å²) in [6.07, 6.45) is 6.13. The van der Waals surface area contributed by atoms with E-state index < -0.39 is 0 Å². The summed E-state index contributed by atoms with van der Waals surface area (Å²) in [7, 11) is 3.65. The van der Waals surface area contributed by atoms with Crippen LogP contribution in [-0.4, -0.2) is 30.2 Å². The van der Waals surface area contributed by atoms with Gasteiger partial charge in [0, 0.05) is 25.8 Å². The number of rotatable bonds is 6. The molecule has 5 nitrogen and oxygen atoms in total. The highest BCUT2D eigenvalue weighted by atomic mass is 16.5.